The molecule has 0 atom stereocenters. The van der Waals surface area contributed by atoms with Gasteiger partial charge < -0.3 is 0 Å². The second kappa shape index (κ2) is 21.7. The smallest absolute Gasteiger partial charge is 0.287 e. The average Bonchev–Trinajstić information content (AvgIpc) is 3.34. The first-order valence-electron chi connectivity index (χ1n) is 21.9. The van der Waals surface area contributed by atoms with Crippen molar-refractivity contribution in [2.75, 3.05) is 5.88 Å². The fourth-order valence-electron chi connectivity index (χ4n) is 8.70. The highest BCUT2D eigenvalue weighted by Gasteiger charge is 2.47. The molecule has 0 bridgehead atoms. The Kier molecular flexibility index (Phi) is 16.8. The fraction of sp³-hybridized carbons (Fsp3) is 0.196. The molecule has 29 heteroatoms. The van der Waals surface area contributed by atoms with E-state index >= 15 is 0 Å². The molecule has 0 saturated heterocycles. The molecule has 0 radical (unpaired) electrons. The van der Waals surface area contributed by atoms with Crippen LogP contribution >= 0.6 is 11.6 Å². The van der Waals surface area contributed by atoms with Gasteiger partial charge in [-0.15, -0.1) is 11.6 Å². The molecule has 426 valence electrons. The molecule has 0 spiro atoms. The van der Waals surface area contributed by atoms with Crippen LogP contribution in [0.3, 0.4) is 0 Å². The van der Waals surface area contributed by atoms with E-state index < -0.39 is 195 Å². The molecule has 7 aromatic rings. The molecule has 0 aliphatic heterocycles. The number of aromatic nitrogens is 1. The quantitative estimate of drug-likeness (QED) is 0.0475. The van der Waals surface area contributed by atoms with Crippen LogP contribution in [0.1, 0.15) is 65.4 Å². The summed E-state index contributed by atoms with van der Waals surface area (Å²) in [6.07, 6.45) is -53.0. The molecular formula is C51H27BClF24NO2. The Labute approximate surface area is 437 Å². The molecule has 0 aliphatic carbocycles. The Morgan fingerprint density at radius 3 is 0.912 bits per heavy atom. The van der Waals surface area contributed by atoms with Gasteiger partial charge in [-0.1, -0.05) is 97.1 Å². The summed E-state index contributed by atoms with van der Waals surface area (Å²) < 4.78 is 343. The minimum absolute atomic E-state index is 0.0468. The number of hydrogen-bond acceptors (Lipinski definition) is 2. The molecule has 7 rings (SSSR count). The first-order chi connectivity index (χ1) is 36.5. The van der Waals surface area contributed by atoms with Gasteiger partial charge in [0.2, 0.25) is 18.1 Å². The van der Waals surface area contributed by atoms with Gasteiger partial charge in [0.15, 0.2) is 6.20 Å². The molecular weight excluding hydrogens is 1160 g/mol. The van der Waals surface area contributed by atoms with Crippen molar-refractivity contribution in [3.8, 4) is 0 Å². The highest BCUT2D eigenvalue weighted by molar-refractivity contribution is 7.20. The van der Waals surface area contributed by atoms with Gasteiger partial charge in [-0.3, -0.25) is 9.59 Å². The Morgan fingerprint density at radius 2 is 0.637 bits per heavy atom. The summed E-state index contributed by atoms with van der Waals surface area (Å²) in [5.74, 6) is -0.355. The SMILES string of the molecule is FC(F)(F)c1cc([B-](c2cc(C(F)(F)F)cc(C(F)(F)F)c2)(c2cc(C(F)(F)F)cc(C(F)(F)F)c2)c2cc(C(F)(F)F)cc(C(F)(F)F)c2)cc(C(F)(F)F)c1.O=C(C[n+]1ccc2ccccc2c1C(=O)CCl)c1ccccc1. The number of pyridine rings is 1. The van der Waals surface area contributed by atoms with Crippen LogP contribution in [0.4, 0.5) is 105 Å². The van der Waals surface area contributed by atoms with E-state index in [0.717, 1.165) is 10.8 Å². The largest absolute Gasteiger partial charge is 0.416 e. The van der Waals surface area contributed by atoms with Gasteiger partial charge >= 0.3 is 49.4 Å². The molecule has 0 aliphatic rings. The van der Waals surface area contributed by atoms with Gasteiger partial charge in [-0.05, 0) is 35.7 Å². The maximum atomic E-state index is 14.2. The van der Waals surface area contributed by atoms with Crippen LogP contribution in [0.2, 0.25) is 0 Å². The van der Waals surface area contributed by atoms with Gasteiger partial charge in [-0.25, -0.2) is 0 Å². The number of nitrogens with zero attached hydrogens (tertiary/aromatic N) is 1. The zero-order chi connectivity index (χ0) is 60.1. The third-order valence-electron chi connectivity index (χ3n) is 12.2. The van der Waals surface area contributed by atoms with Crippen LogP contribution in [0.5, 0.6) is 0 Å². The van der Waals surface area contributed by atoms with Crippen LogP contribution in [-0.2, 0) is 56.0 Å². The van der Waals surface area contributed by atoms with E-state index in [4.69, 9.17) is 11.6 Å². The molecule has 0 saturated carbocycles. The zero-order valence-electron chi connectivity index (χ0n) is 39.0. The van der Waals surface area contributed by atoms with E-state index in [2.05, 4.69) is 0 Å². The second-order valence-corrected chi connectivity index (χ2v) is 17.7. The lowest BCUT2D eigenvalue weighted by Crippen LogP contribution is -2.75. The van der Waals surface area contributed by atoms with Crippen LogP contribution in [0.25, 0.3) is 10.8 Å². The van der Waals surface area contributed by atoms with Crippen molar-refractivity contribution in [1.82, 2.24) is 0 Å². The molecule has 1 heterocycles. The van der Waals surface area contributed by atoms with Crippen LogP contribution in [-0.4, -0.2) is 23.6 Å². The van der Waals surface area contributed by atoms with Crippen molar-refractivity contribution in [2.24, 2.45) is 0 Å². The van der Waals surface area contributed by atoms with Crippen molar-refractivity contribution in [3.05, 3.63) is 195 Å². The number of rotatable bonds is 9. The van der Waals surface area contributed by atoms with E-state index in [1.165, 1.54) is 0 Å². The monoisotopic (exact) mass is 1190 g/mol. The minimum atomic E-state index is -6.13. The number of halogens is 25. The number of carbonyl (C=O) groups is 2. The summed E-state index contributed by atoms with van der Waals surface area (Å²) in [5, 5.41) is 1.76. The Balaban J connectivity index is 0.000000370. The first kappa shape index (κ1) is 61.9. The third kappa shape index (κ3) is 13.7. The van der Waals surface area contributed by atoms with Crippen molar-refractivity contribution in [2.45, 2.75) is 56.0 Å². The molecule has 3 nitrogen and oxygen atoms in total. The van der Waals surface area contributed by atoms with Crippen molar-refractivity contribution < 1.29 is 120 Å². The van der Waals surface area contributed by atoms with Crippen molar-refractivity contribution >= 4 is 61.9 Å². The van der Waals surface area contributed by atoms with Gasteiger partial charge in [-0.2, -0.15) is 132 Å². The number of fused-ring (bicyclic) bond motifs is 1. The first-order valence-corrected chi connectivity index (χ1v) is 22.4. The highest BCUT2D eigenvalue weighted by atomic mass is 35.5. The number of carbonyl (C=O) groups excluding carboxylic acids is 2. The van der Waals surface area contributed by atoms with Gasteiger partial charge in [0.1, 0.15) is 6.15 Å². The lowest BCUT2D eigenvalue weighted by atomic mass is 9.12. The maximum Gasteiger partial charge on any atom is 0.416 e. The van der Waals surface area contributed by atoms with Crippen LogP contribution < -0.4 is 26.4 Å². The van der Waals surface area contributed by atoms with E-state index in [1.54, 1.807) is 22.9 Å². The van der Waals surface area contributed by atoms with Gasteiger partial charge in [0.05, 0.1) is 55.8 Å². The summed E-state index contributed by atoms with van der Waals surface area (Å²) in [4.78, 5) is 24.8. The fourth-order valence-corrected chi connectivity index (χ4v) is 8.83. The lowest BCUT2D eigenvalue weighted by Gasteiger charge is -2.46. The van der Waals surface area contributed by atoms with Crippen molar-refractivity contribution in [1.29, 1.82) is 0 Å². The summed E-state index contributed by atoms with van der Waals surface area (Å²) in [5.41, 5.74) is -29.1. The van der Waals surface area contributed by atoms with Crippen molar-refractivity contribution in [3.63, 3.8) is 0 Å². The molecule has 6 aromatic carbocycles. The van der Waals surface area contributed by atoms with E-state index in [-0.39, 0.29) is 24.0 Å². The minimum Gasteiger partial charge on any atom is -0.287 e. The number of ketones is 2. The van der Waals surface area contributed by atoms with E-state index in [0.29, 0.717) is 11.3 Å². The van der Waals surface area contributed by atoms with Gasteiger partial charge in [0, 0.05) is 11.6 Å². The van der Waals surface area contributed by atoms with Crippen LogP contribution in [0, 0.1) is 0 Å². The summed E-state index contributed by atoms with van der Waals surface area (Å²) >= 11 is 5.76. The Morgan fingerprint density at radius 1 is 0.362 bits per heavy atom. The number of alkyl halides is 25. The molecule has 0 unspecified atom stereocenters. The Bertz CT molecular complexity index is 3010. The van der Waals surface area contributed by atoms with E-state index in [1.807, 2.05) is 48.5 Å². The molecule has 1 aromatic heterocycles. The molecule has 0 amide bonds. The number of benzene rings is 6. The summed E-state index contributed by atoms with van der Waals surface area (Å²) in [6.45, 7) is 0.104. The van der Waals surface area contributed by atoms with E-state index in [9.17, 15) is 115 Å². The van der Waals surface area contributed by atoms with Crippen LogP contribution in [0.15, 0.2) is 140 Å². The normalized spacial score (nSPS) is 13.3. The predicted molar refractivity (Wildman–Crippen MR) is 240 cm³/mol. The molecule has 0 N–H and O–H groups in total. The maximum absolute atomic E-state index is 14.2. The summed E-state index contributed by atoms with van der Waals surface area (Å²) in [6, 6.07) is 9.73. The highest BCUT2D eigenvalue weighted by Crippen LogP contribution is 2.41. The second-order valence-electron chi connectivity index (χ2n) is 17.4. The summed E-state index contributed by atoms with van der Waals surface area (Å²) in [7, 11) is 0. The molecule has 80 heavy (non-hydrogen) atoms. The average molecular weight is 1190 g/mol. The topological polar surface area (TPSA) is 38.0 Å². The predicted octanol–water partition coefficient (Wildman–Crippen LogP) is 14.6. The standard InChI is InChI=1S/C32H12BF24.C19H15ClNO2/c34-25(35,36)13-1-14(26(37,38)39)6-21(5-13)33(22-7-15(27(40,41)42)2-16(8-22)28(43,44)45,23-9-17(29(46,47)48)3-18(10-23)30(49,50)51)24-11-19(31(52,53)54)4-20(12-24)32(55,56)57;20-12-17(22)19-16-9-5-4-6-14(16)10-11-21(19)13-18(23)15-7-2-1-3-8-15/h1-12H;1-11H,12-13H2/q-1;+1. The third-order valence-corrected chi connectivity index (χ3v) is 12.4. The Hall–Kier alpha value is -7.26. The lowest BCUT2D eigenvalue weighted by molar-refractivity contribution is -0.683. The number of Topliss-reactive ketones (excluding diaryl/α,β-unsaturated/α-hetero) is 2. The molecule has 0 fully saturated rings. The number of hydrogen-bond donors (Lipinski definition) is 0. The zero-order valence-corrected chi connectivity index (χ0v) is 39.7. The van der Waals surface area contributed by atoms with Gasteiger partial charge in [0.25, 0.3) is 5.69 Å².